The number of hydrogen-bond donors (Lipinski definition) is 4. The molecule has 3 heterocycles. The van der Waals surface area contributed by atoms with Gasteiger partial charge in [0.15, 0.2) is 0 Å². The lowest BCUT2D eigenvalue weighted by Gasteiger charge is -2.30. The largest absolute Gasteiger partial charge is 0.453 e. The van der Waals surface area contributed by atoms with Gasteiger partial charge in [0.2, 0.25) is 11.8 Å². The number of amidine groups is 1. The van der Waals surface area contributed by atoms with Gasteiger partial charge in [0.1, 0.15) is 29.4 Å². The van der Waals surface area contributed by atoms with Crippen molar-refractivity contribution in [1.29, 1.82) is 0 Å². The van der Waals surface area contributed by atoms with E-state index in [-0.39, 0.29) is 41.7 Å². The summed E-state index contributed by atoms with van der Waals surface area (Å²) in [7, 11) is 2.52. The first kappa shape index (κ1) is 38.5. The van der Waals surface area contributed by atoms with Crippen LogP contribution in [0.3, 0.4) is 0 Å². The molecule has 4 amide bonds. The smallest absolute Gasteiger partial charge is 0.407 e. The second-order valence-corrected chi connectivity index (χ2v) is 12.9. The Morgan fingerprint density at radius 2 is 1.55 bits per heavy atom. The summed E-state index contributed by atoms with van der Waals surface area (Å²) in [6.45, 7) is 14.3. The lowest BCUT2D eigenvalue weighted by molar-refractivity contribution is -0.135. The molecule has 1 aromatic heterocycles. The lowest BCUT2D eigenvalue weighted by Crippen LogP contribution is -2.54. The van der Waals surface area contributed by atoms with Crippen LogP contribution < -0.4 is 16.4 Å². The number of ether oxygens (including phenoxy) is 2. The number of likely N-dealkylation sites (tertiary alicyclic amines) is 2. The van der Waals surface area contributed by atoms with E-state index in [4.69, 9.17) is 15.2 Å². The standard InChI is InChI=1S/C35H50N8O6/c1-9-24(23(6)38-30(36)26-16-12-18-42(26)32(44)28(21(2)3)40-34(46)48-7)14-10-11-15-25-20-37-31(39-25)27-17-13-19-43(27)33(45)29(22(4)5)41-35(47)49-8/h9,20-24,26-29H,1,12-13,16-19H2,2-8H3,(H2,36,38)(H,37,39)(H,40,46)(H,41,47)/t23?,24?,26-,27-,28+,29+/m0/s1. The zero-order valence-electron chi connectivity index (χ0n) is 29.5. The second kappa shape index (κ2) is 18.0. The Kier molecular flexibility index (Phi) is 14.1. The number of rotatable bonds is 11. The molecule has 266 valence electrons. The Hall–Kier alpha value is -4.98. The van der Waals surface area contributed by atoms with E-state index in [1.54, 1.807) is 22.1 Å². The molecule has 2 fully saturated rings. The summed E-state index contributed by atoms with van der Waals surface area (Å²) < 4.78 is 9.41. The number of amides is 4. The van der Waals surface area contributed by atoms with E-state index in [1.165, 1.54) is 14.2 Å². The van der Waals surface area contributed by atoms with E-state index >= 15 is 0 Å². The van der Waals surface area contributed by atoms with Crippen molar-refractivity contribution < 1.29 is 28.7 Å². The average Bonchev–Trinajstić information content (AvgIpc) is 3.86. The quantitative estimate of drug-likeness (QED) is 0.119. The lowest BCUT2D eigenvalue weighted by atomic mass is 10.0. The normalized spacial score (nSPS) is 19.9. The zero-order chi connectivity index (χ0) is 36.2. The van der Waals surface area contributed by atoms with Gasteiger partial charge in [-0.1, -0.05) is 39.7 Å². The maximum atomic E-state index is 13.4. The van der Waals surface area contributed by atoms with Gasteiger partial charge in [-0.2, -0.15) is 0 Å². The third kappa shape index (κ3) is 10.0. The molecule has 3 rings (SSSR count). The van der Waals surface area contributed by atoms with Gasteiger partial charge in [0, 0.05) is 13.1 Å². The van der Waals surface area contributed by atoms with Crippen molar-refractivity contribution in [3.05, 3.63) is 30.4 Å². The molecule has 2 unspecified atom stereocenters. The maximum absolute atomic E-state index is 13.4. The molecule has 0 bridgehead atoms. The molecular formula is C35H50N8O6. The molecule has 6 atom stereocenters. The fraction of sp³-hybridized carbons (Fsp3) is 0.600. The van der Waals surface area contributed by atoms with E-state index in [9.17, 15) is 19.2 Å². The highest BCUT2D eigenvalue weighted by molar-refractivity contribution is 5.93. The molecule has 2 aliphatic heterocycles. The van der Waals surface area contributed by atoms with Gasteiger partial charge in [-0.25, -0.2) is 14.6 Å². The molecule has 0 radical (unpaired) electrons. The summed E-state index contributed by atoms with van der Waals surface area (Å²) in [5.41, 5.74) is 7.00. The number of aliphatic imine (C=N–C) groups is 1. The van der Waals surface area contributed by atoms with Crippen LogP contribution >= 0.6 is 0 Å². The van der Waals surface area contributed by atoms with Gasteiger partial charge in [0.25, 0.3) is 0 Å². The van der Waals surface area contributed by atoms with Crippen LogP contribution in [0.25, 0.3) is 0 Å². The molecule has 2 saturated heterocycles. The molecule has 2 aliphatic rings. The highest BCUT2D eigenvalue weighted by atomic mass is 16.5. The van der Waals surface area contributed by atoms with E-state index in [0.717, 1.165) is 19.3 Å². The predicted octanol–water partition coefficient (Wildman–Crippen LogP) is 2.73. The zero-order valence-corrected chi connectivity index (χ0v) is 29.5. The summed E-state index contributed by atoms with van der Waals surface area (Å²) >= 11 is 0. The van der Waals surface area contributed by atoms with Crippen LogP contribution in [0.2, 0.25) is 0 Å². The van der Waals surface area contributed by atoms with Crippen molar-refractivity contribution in [2.45, 2.75) is 90.5 Å². The third-order valence-corrected chi connectivity index (χ3v) is 8.73. The molecule has 0 saturated carbocycles. The highest BCUT2D eigenvalue weighted by Gasteiger charge is 2.38. The topological polar surface area (TPSA) is 184 Å². The van der Waals surface area contributed by atoms with Crippen molar-refractivity contribution >= 4 is 29.8 Å². The Labute approximate surface area is 289 Å². The number of methoxy groups -OCH3 is 2. The van der Waals surface area contributed by atoms with Crippen LogP contribution in [-0.2, 0) is 19.1 Å². The van der Waals surface area contributed by atoms with Crippen LogP contribution in [0.15, 0.2) is 23.8 Å². The second-order valence-electron chi connectivity index (χ2n) is 12.9. The molecule has 0 aliphatic carbocycles. The van der Waals surface area contributed by atoms with Crippen LogP contribution in [0, 0.1) is 41.4 Å². The number of H-pyrrole nitrogens is 1. The number of carbonyl (C=O) groups is 4. The number of nitrogens with two attached hydrogens (primary N) is 1. The number of imidazole rings is 1. The minimum absolute atomic E-state index is 0.130. The average molecular weight is 679 g/mol. The SMILES string of the molecule is C=CC(C#CC#Cc1cnc([C@@H]2CCCN2C(=O)[C@H](NC(=O)OC)C(C)C)[nH]1)C(C)/N=C(\N)[C@@H]1CCCN1C(=O)[C@H](NC(=O)OC)C(C)C. The first-order valence-corrected chi connectivity index (χ1v) is 16.6. The van der Waals surface area contributed by atoms with Crippen LogP contribution in [0.5, 0.6) is 0 Å². The molecule has 14 heteroatoms. The van der Waals surface area contributed by atoms with Gasteiger partial charge in [-0.05, 0) is 62.2 Å². The monoisotopic (exact) mass is 678 g/mol. The minimum atomic E-state index is -0.748. The maximum Gasteiger partial charge on any atom is 0.407 e. The van der Waals surface area contributed by atoms with Crippen molar-refractivity contribution in [3.8, 4) is 23.7 Å². The number of carbonyl (C=O) groups excluding carboxylic acids is 4. The predicted molar refractivity (Wildman–Crippen MR) is 185 cm³/mol. The number of aromatic nitrogens is 2. The van der Waals surface area contributed by atoms with E-state index in [0.29, 0.717) is 36.9 Å². The number of aromatic amines is 1. The van der Waals surface area contributed by atoms with E-state index in [2.05, 4.69) is 55.9 Å². The van der Waals surface area contributed by atoms with Crippen LogP contribution in [0.4, 0.5) is 9.59 Å². The van der Waals surface area contributed by atoms with Crippen LogP contribution in [-0.4, -0.2) is 101 Å². The number of nitrogens with zero attached hydrogens (tertiary/aromatic N) is 4. The van der Waals surface area contributed by atoms with Crippen molar-refractivity contribution in [1.82, 2.24) is 30.4 Å². The van der Waals surface area contributed by atoms with Gasteiger partial charge in [-0.15, -0.1) is 6.58 Å². The van der Waals surface area contributed by atoms with E-state index in [1.807, 2.05) is 34.6 Å². The Morgan fingerprint density at radius 1 is 0.980 bits per heavy atom. The summed E-state index contributed by atoms with van der Waals surface area (Å²) in [4.78, 5) is 66.2. The first-order chi connectivity index (χ1) is 23.3. The molecule has 0 aromatic carbocycles. The van der Waals surface area contributed by atoms with Gasteiger partial charge in [-0.3, -0.25) is 14.6 Å². The molecule has 5 N–H and O–H groups in total. The Balaban J connectivity index is 1.68. The summed E-state index contributed by atoms with van der Waals surface area (Å²) in [6, 6.07) is -2.48. The molecule has 49 heavy (non-hydrogen) atoms. The first-order valence-electron chi connectivity index (χ1n) is 16.6. The highest BCUT2D eigenvalue weighted by Crippen LogP contribution is 2.31. The van der Waals surface area contributed by atoms with Crippen molar-refractivity contribution in [3.63, 3.8) is 0 Å². The van der Waals surface area contributed by atoms with Gasteiger partial charge < -0.3 is 40.6 Å². The molecule has 14 nitrogen and oxygen atoms in total. The molecule has 1 aromatic rings. The van der Waals surface area contributed by atoms with Gasteiger partial charge >= 0.3 is 12.2 Å². The number of nitrogens with one attached hydrogen (secondary N) is 3. The summed E-state index contributed by atoms with van der Waals surface area (Å²) in [5, 5.41) is 5.28. The number of alkyl carbamates (subject to hydrolysis) is 2. The minimum Gasteiger partial charge on any atom is -0.453 e. The van der Waals surface area contributed by atoms with Gasteiger partial charge in [0.05, 0.1) is 44.5 Å². The van der Waals surface area contributed by atoms with Crippen molar-refractivity contribution in [2.75, 3.05) is 27.3 Å². The molecular weight excluding hydrogens is 628 g/mol. The Bertz CT molecular complexity index is 1510. The van der Waals surface area contributed by atoms with E-state index < -0.39 is 30.3 Å². The fourth-order valence-electron chi connectivity index (χ4n) is 5.97. The summed E-state index contributed by atoms with van der Waals surface area (Å²) in [5.74, 6) is 11.7. The Morgan fingerprint density at radius 3 is 2.12 bits per heavy atom. The van der Waals surface area contributed by atoms with Crippen LogP contribution in [0.1, 0.15) is 77.9 Å². The molecule has 0 spiro atoms. The third-order valence-electron chi connectivity index (χ3n) is 8.73. The fourth-order valence-corrected chi connectivity index (χ4v) is 5.97. The summed E-state index contributed by atoms with van der Waals surface area (Å²) in [6.07, 6.45) is 4.93. The van der Waals surface area contributed by atoms with Crippen molar-refractivity contribution in [2.24, 2.45) is 28.5 Å². The number of hydrogen-bond acceptors (Lipinski definition) is 8.